The lowest BCUT2D eigenvalue weighted by Gasteiger charge is -2.27. The van der Waals surface area contributed by atoms with E-state index in [1.807, 2.05) is 7.05 Å². The molecule has 7 heteroatoms. The summed E-state index contributed by atoms with van der Waals surface area (Å²) in [5, 5.41) is 3.49. The number of nitrogens with zero attached hydrogens (tertiary/aromatic N) is 1. The van der Waals surface area contributed by atoms with Crippen LogP contribution in [0.3, 0.4) is 0 Å². The molecule has 1 aliphatic carbocycles. The van der Waals surface area contributed by atoms with Gasteiger partial charge in [0.2, 0.25) is 10.0 Å². The Hall–Kier alpha value is -0.820. The predicted molar refractivity (Wildman–Crippen MR) is 95.1 cm³/mol. The van der Waals surface area contributed by atoms with Crippen LogP contribution in [0.5, 0.6) is 5.75 Å². The van der Waals surface area contributed by atoms with Gasteiger partial charge >= 0.3 is 0 Å². The van der Waals surface area contributed by atoms with Gasteiger partial charge in [-0.25, -0.2) is 8.42 Å². The minimum atomic E-state index is -3.62. The van der Waals surface area contributed by atoms with Gasteiger partial charge in [-0.3, -0.25) is 0 Å². The van der Waals surface area contributed by atoms with Crippen molar-refractivity contribution in [2.75, 3.05) is 26.7 Å². The number of halogens is 1. The molecule has 5 nitrogen and oxygen atoms in total. The average Bonchev–Trinajstić information content (AvgIpc) is 2.96. The largest absolute Gasteiger partial charge is 0.492 e. The molecule has 1 heterocycles. The molecule has 1 aromatic carbocycles. The average molecular weight is 373 g/mol. The van der Waals surface area contributed by atoms with Crippen LogP contribution < -0.4 is 10.1 Å². The molecule has 24 heavy (non-hydrogen) atoms. The third-order valence-electron chi connectivity index (χ3n) is 4.95. The van der Waals surface area contributed by atoms with Gasteiger partial charge < -0.3 is 10.1 Å². The van der Waals surface area contributed by atoms with Crippen LogP contribution in [0.2, 0.25) is 5.02 Å². The summed E-state index contributed by atoms with van der Waals surface area (Å²) in [6.45, 7) is 1.77. The van der Waals surface area contributed by atoms with E-state index in [1.54, 1.807) is 16.4 Å². The van der Waals surface area contributed by atoms with Crippen molar-refractivity contribution in [1.29, 1.82) is 0 Å². The fourth-order valence-corrected chi connectivity index (χ4v) is 5.45. The van der Waals surface area contributed by atoms with Crippen molar-refractivity contribution < 1.29 is 13.2 Å². The second kappa shape index (κ2) is 7.60. The maximum Gasteiger partial charge on any atom is 0.247 e. The number of nitrogens with one attached hydrogen (secondary N) is 1. The molecule has 1 unspecified atom stereocenters. The van der Waals surface area contributed by atoms with Gasteiger partial charge in [0.15, 0.2) is 0 Å². The van der Waals surface area contributed by atoms with Gasteiger partial charge in [-0.05, 0) is 56.8 Å². The van der Waals surface area contributed by atoms with Crippen LogP contribution >= 0.6 is 11.6 Å². The van der Waals surface area contributed by atoms with Crippen molar-refractivity contribution in [3.8, 4) is 5.75 Å². The van der Waals surface area contributed by atoms with Crippen LogP contribution in [-0.2, 0) is 10.0 Å². The zero-order valence-electron chi connectivity index (χ0n) is 14.0. The molecule has 0 radical (unpaired) electrons. The highest BCUT2D eigenvalue weighted by Crippen LogP contribution is 2.35. The Morgan fingerprint density at radius 2 is 2.08 bits per heavy atom. The van der Waals surface area contributed by atoms with Gasteiger partial charge in [0.25, 0.3) is 0 Å². The Balaban J connectivity index is 1.86. The first kappa shape index (κ1) is 18.0. The molecule has 0 spiro atoms. The molecule has 1 aromatic rings. The molecule has 0 amide bonds. The minimum absolute atomic E-state index is 0.0153. The van der Waals surface area contributed by atoms with E-state index in [0.29, 0.717) is 36.4 Å². The van der Waals surface area contributed by atoms with E-state index in [1.165, 1.54) is 12.5 Å². The second-order valence-electron chi connectivity index (χ2n) is 6.67. The minimum Gasteiger partial charge on any atom is -0.492 e. The Bertz CT molecular complexity index is 676. The molecule has 1 saturated heterocycles. The lowest BCUT2D eigenvalue weighted by atomic mass is 9.86. The highest BCUT2D eigenvalue weighted by atomic mass is 35.5. The smallest absolute Gasteiger partial charge is 0.247 e. The molecule has 2 fully saturated rings. The lowest BCUT2D eigenvalue weighted by molar-refractivity contribution is 0.177. The molecule has 134 valence electrons. The van der Waals surface area contributed by atoms with Crippen LogP contribution in [0.1, 0.15) is 32.1 Å². The topological polar surface area (TPSA) is 58.6 Å². The number of ether oxygens (including phenoxy) is 1. The van der Waals surface area contributed by atoms with Crippen molar-refractivity contribution in [2.45, 2.75) is 43.0 Å². The highest BCUT2D eigenvalue weighted by Gasteiger charge is 2.36. The van der Waals surface area contributed by atoms with Crippen molar-refractivity contribution in [3.63, 3.8) is 0 Å². The van der Waals surface area contributed by atoms with Crippen molar-refractivity contribution in [3.05, 3.63) is 23.2 Å². The van der Waals surface area contributed by atoms with Crippen molar-refractivity contribution >= 4 is 21.6 Å². The molecule has 2 aliphatic rings. The lowest BCUT2D eigenvalue weighted by Crippen LogP contribution is -2.40. The fraction of sp³-hybridized carbons (Fsp3) is 0.647. The molecule has 1 saturated carbocycles. The maximum atomic E-state index is 13.2. The third-order valence-corrected chi connectivity index (χ3v) is 7.16. The van der Waals surface area contributed by atoms with E-state index >= 15 is 0 Å². The predicted octanol–water partition coefficient (Wildman–Crippen LogP) is 2.89. The first-order chi connectivity index (χ1) is 11.5. The van der Waals surface area contributed by atoms with E-state index in [2.05, 4.69) is 5.32 Å². The molecule has 3 rings (SSSR count). The summed E-state index contributed by atoms with van der Waals surface area (Å²) in [6.07, 6.45) is 5.31. The van der Waals surface area contributed by atoms with Crippen molar-refractivity contribution in [2.24, 2.45) is 5.92 Å². The second-order valence-corrected chi connectivity index (χ2v) is 8.96. The van der Waals surface area contributed by atoms with Gasteiger partial charge in [-0.15, -0.1) is 0 Å². The summed E-state index contributed by atoms with van der Waals surface area (Å²) in [7, 11) is -1.77. The molecule has 1 aliphatic heterocycles. The SMILES string of the molecule is CNCC1CCCN1S(=O)(=O)c1cc(Cl)ccc1OCC1CCC1. The fourth-order valence-electron chi connectivity index (χ4n) is 3.36. The van der Waals surface area contributed by atoms with Gasteiger partial charge in [-0.1, -0.05) is 18.0 Å². The molecular formula is C17H25ClN2O3S. The standard InChI is InChI=1S/C17H25ClN2O3S/c1-19-11-15-6-3-9-20(15)24(21,22)17-10-14(18)7-8-16(17)23-12-13-4-2-5-13/h7-8,10,13,15,19H,2-6,9,11-12H2,1H3. The van der Waals surface area contributed by atoms with Crippen LogP contribution in [0.4, 0.5) is 0 Å². The molecule has 0 bridgehead atoms. The van der Waals surface area contributed by atoms with Crippen LogP contribution in [0.25, 0.3) is 0 Å². The van der Waals surface area contributed by atoms with E-state index in [4.69, 9.17) is 16.3 Å². The van der Waals surface area contributed by atoms with Gasteiger partial charge in [-0.2, -0.15) is 4.31 Å². The third kappa shape index (κ3) is 3.72. The summed E-state index contributed by atoms with van der Waals surface area (Å²) in [4.78, 5) is 0.192. The molecule has 1 atom stereocenters. The monoisotopic (exact) mass is 372 g/mol. The normalized spacial score (nSPS) is 22.5. The summed E-state index contributed by atoms with van der Waals surface area (Å²) in [6, 6.07) is 4.86. The van der Waals surface area contributed by atoms with Crippen LogP contribution in [0, 0.1) is 5.92 Å². The number of benzene rings is 1. The molecule has 0 aromatic heterocycles. The van der Waals surface area contributed by atoms with Gasteiger partial charge in [0.1, 0.15) is 10.6 Å². The summed E-state index contributed by atoms with van der Waals surface area (Å²) in [5.74, 6) is 0.960. The van der Waals surface area contributed by atoms with Gasteiger partial charge in [0.05, 0.1) is 6.61 Å². The summed E-state index contributed by atoms with van der Waals surface area (Å²) < 4.78 is 33.8. The van der Waals surface area contributed by atoms with Crippen LogP contribution in [-0.4, -0.2) is 45.5 Å². The number of rotatable bonds is 7. The van der Waals surface area contributed by atoms with E-state index in [0.717, 1.165) is 25.7 Å². The number of sulfonamides is 1. The van der Waals surface area contributed by atoms with Crippen molar-refractivity contribution in [1.82, 2.24) is 9.62 Å². The summed E-state index contributed by atoms with van der Waals surface area (Å²) >= 11 is 6.08. The van der Waals surface area contributed by atoms with Gasteiger partial charge in [0, 0.05) is 24.2 Å². The first-order valence-electron chi connectivity index (χ1n) is 8.61. The zero-order chi connectivity index (χ0) is 17.2. The van der Waals surface area contributed by atoms with E-state index in [9.17, 15) is 8.42 Å². The number of hydrogen-bond acceptors (Lipinski definition) is 4. The highest BCUT2D eigenvalue weighted by molar-refractivity contribution is 7.89. The Morgan fingerprint density at radius 1 is 1.29 bits per heavy atom. The van der Waals surface area contributed by atoms with E-state index in [-0.39, 0.29) is 10.9 Å². The summed E-state index contributed by atoms with van der Waals surface area (Å²) in [5.41, 5.74) is 0. The first-order valence-corrected chi connectivity index (χ1v) is 10.4. The quantitative estimate of drug-likeness (QED) is 0.799. The Morgan fingerprint density at radius 3 is 2.75 bits per heavy atom. The number of likely N-dealkylation sites (N-methyl/N-ethyl adjacent to an activating group) is 1. The van der Waals surface area contributed by atoms with Crippen LogP contribution in [0.15, 0.2) is 23.1 Å². The number of hydrogen-bond donors (Lipinski definition) is 1. The Kier molecular flexibility index (Phi) is 5.70. The molecule has 1 N–H and O–H groups in total. The van der Waals surface area contributed by atoms with E-state index < -0.39 is 10.0 Å². The Labute approximate surface area is 149 Å². The maximum absolute atomic E-state index is 13.2. The molecular weight excluding hydrogens is 348 g/mol. The zero-order valence-corrected chi connectivity index (χ0v) is 15.6.